The van der Waals surface area contributed by atoms with Gasteiger partial charge in [0.25, 0.3) is 11.6 Å². The number of nitrogens with zero attached hydrogens (tertiary/aromatic N) is 1. The van der Waals surface area contributed by atoms with Crippen LogP contribution < -0.4 is 15.4 Å². The first-order valence-electron chi connectivity index (χ1n) is 7.86. The maximum atomic E-state index is 12.2. The van der Waals surface area contributed by atoms with Gasteiger partial charge in [-0.15, -0.1) is 0 Å². The predicted octanol–water partition coefficient (Wildman–Crippen LogP) is 2.04. The van der Waals surface area contributed by atoms with Gasteiger partial charge in [0.05, 0.1) is 12.0 Å². The number of non-ortho nitro benzene ring substituents is 1. The number of hydrogen-bond donors (Lipinski definition) is 2. The Morgan fingerprint density at radius 1 is 1.19 bits per heavy atom. The number of amides is 2. The van der Waals surface area contributed by atoms with Gasteiger partial charge in [-0.3, -0.25) is 19.7 Å². The summed E-state index contributed by atoms with van der Waals surface area (Å²) >= 11 is 0. The molecule has 0 fully saturated rings. The summed E-state index contributed by atoms with van der Waals surface area (Å²) in [6.07, 6.45) is 0. The number of nitro benzene ring substituents is 1. The molecule has 2 aromatic carbocycles. The standard InChI is InChI=1S/C18H19N3O5/c1-12(17(22)19-11-13-6-8-16(26-2)9-7-13)20-18(23)14-4-3-5-15(10-14)21(24)25/h3-10,12H,11H2,1-2H3,(H,19,22)(H,20,23)/t12-/m0/s1. The van der Waals surface area contributed by atoms with Gasteiger partial charge in [-0.05, 0) is 30.7 Å². The number of carbonyl (C=O) groups excluding carboxylic acids is 2. The molecule has 0 spiro atoms. The molecule has 0 saturated carbocycles. The third-order valence-corrected chi connectivity index (χ3v) is 3.69. The molecule has 0 unspecified atom stereocenters. The van der Waals surface area contributed by atoms with Crippen molar-refractivity contribution in [1.82, 2.24) is 10.6 Å². The van der Waals surface area contributed by atoms with E-state index < -0.39 is 16.9 Å². The first kappa shape index (κ1) is 18.9. The van der Waals surface area contributed by atoms with Gasteiger partial charge in [0.15, 0.2) is 0 Å². The minimum Gasteiger partial charge on any atom is -0.497 e. The number of methoxy groups -OCH3 is 1. The van der Waals surface area contributed by atoms with Crippen molar-refractivity contribution in [3.63, 3.8) is 0 Å². The van der Waals surface area contributed by atoms with Gasteiger partial charge < -0.3 is 15.4 Å². The lowest BCUT2D eigenvalue weighted by Crippen LogP contribution is -2.44. The third-order valence-electron chi connectivity index (χ3n) is 3.69. The molecule has 0 aliphatic heterocycles. The van der Waals surface area contributed by atoms with Crippen molar-refractivity contribution >= 4 is 17.5 Å². The van der Waals surface area contributed by atoms with Crippen LogP contribution in [0.2, 0.25) is 0 Å². The summed E-state index contributed by atoms with van der Waals surface area (Å²) in [4.78, 5) is 34.5. The molecule has 2 rings (SSSR count). The van der Waals surface area contributed by atoms with Gasteiger partial charge in [0.2, 0.25) is 5.91 Å². The van der Waals surface area contributed by atoms with E-state index in [0.29, 0.717) is 6.54 Å². The van der Waals surface area contributed by atoms with E-state index in [9.17, 15) is 19.7 Å². The van der Waals surface area contributed by atoms with Crippen LogP contribution in [0.1, 0.15) is 22.8 Å². The molecule has 0 saturated heterocycles. The largest absolute Gasteiger partial charge is 0.497 e. The fourth-order valence-electron chi connectivity index (χ4n) is 2.19. The SMILES string of the molecule is COc1ccc(CNC(=O)[C@H](C)NC(=O)c2cccc([N+](=O)[O-])c2)cc1. The monoisotopic (exact) mass is 357 g/mol. The zero-order chi connectivity index (χ0) is 19.1. The molecule has 0 aliphatic carbocycles. The Bertz CT molecular complexity index is 805. The molecule has 2 amide bonds. The zero-order valence-corrected chi connectivity index (χ0v) is 14.4. The van der Waals surface area contributed by atoms with Crippen LogP contribution in [0.25, 0.3) is 0 Å². The highest BCUT2D eigenvalue weighted by molar-refractivity contribution is 5.97. The Morgan fingerprint density at radius 2 is 1.88 bits per heavy atom. The van der Waals surface area contributed by atoms with Crippen LogP contribution in [0.5, 0.6) is 5.75 Å². The summed E-state index contributed by atoms with van der Waals surface area (Å²) in [6, 6.07) is 11.8. The zero-order valence-electron chi connectivity index (χ0n) is 14.4. The molecular formula is C18H19N3O5. The average Bonchev–Trinajstić information content (AvgIpc) is 2.66. The van der Waals surface area contributed by atoms with Gasteiger partial charge in [0, 0.05) is 24.2 Å². The second-order valence-electron chi connectivity index (χ2n) is 5.57. The van der Waals surface area contributed by atoms with Gasteiger partial charge >= 0.3 is 0 Å². The maximum absolute atomic E-state index is 12.2. The normalized spacial score (nSPS) is 11.3. The Kier molecular flexibility index (Phi) is 6.26. The molecule has 26 heavy (non-hydrogen) atoms. The van der Waals surface area contributed by atoms with Crippen LogP contribution in [-0.2, 0) is 11.3 Å². The topological polar surface area (TPSA) is 111 Å². The van der Waals surface area contributed by atoms with Crippen molar-refractivity contribution in [3.05, 3.63) is 69.8 Å². The van der Waals surface area contributed by atoms with Crippen LogP contribution >= 0.6 is 0 Å². The predicted molar refractivity (Wildman–Crippen MR) is 94.9 cm³/mol. The van der Waals surface area contributed by atoms with E-state index in [0.717, 1.165) is 17.4 Å². The average molecular weight is 357 g/mol. The van der Waals surface area contributed by atoms with Crippen LogP contribution in [0, 0.1) is 10.1 Å². The van der Waals surface area contributed by atoms with Crippen LogP contribution in [0.15, 0.2) is 48.5 Å². The summed E-state index contributed by atoms with van der Waals surface area (Å²) in [7, 11) is 1.57. The molecule has 0 radical (unpaired) electrons. The van der Waals surface area contributed by atoms with Gasteiger partial charge in [0.1, 0.15) is 11.8 Å². The summed E-state index contributed by atoms with van der Waals surface area (Å²) in [5, 5.41) is 16.0. The number of benzene rings is 2. The Balaban J connectivity index is 1.90. The molecular weight excluding hydrogens is 338 g/mol. The summed E-state index contributed by atoms with van der Waals surface area (Å²) in [5.74, 6) is -0.196. The highest BCUT2D eigenvalue weighted by Gasteiger charge is 2.18. The maximum Gasteiger partial charge on any atom is 0.270 e. The van der Waals surface area contributed by atoms with Gasteiger partial charge in [-0.25, -0.2) is 0 Å². The van der Waals surface area contributed by atoms with Crippen molar-refractivity contribution in [2.24, 2.45) is 0 Å². The first-order chi connectivity index (χ1) is 12.4. The molecule has 0 aromatic heterocycles. The van der Waals surface area contributed by atoms with E-state index in [-0.39, 0.29) is 17.2 Å². The fraction of sp³-hybridized carbons (Fsp3) is 0.222. The Hall–Kier alpha value is -3.42. The molecule has 2 aromatic rings. The van der Waals surface area contributed by atoms with Crippen molar-refractivity contribution in [1.29, 1.82) is 0 Å². The molecule has 0 aliphatic rings. The Morgan fingerprint density at radius 3 is 2.50 bits per heavy atom. The van der Waals surface area contributed by atoms with Crippen molar-refractivity contribution in [3.8, 4) is 5.75 Å². The smallest absolute Gasteiger partial charge is 0.270 e. The first-order valence-corrected chi connectivity index (χ1v) is 7.86. The van der Waals surface area contributed by atoms with E-state index in [1.165, 1.54) is 18.2 Å². The van der Waals surface area contributed by atoms with E-state index >= 15 is 0 Å². The third kappa shape index (κ3) is 5.04. The quantitative estimate of drug-likeness (QED) is 0.582. The van der Waals surface area contributed by atoms with Gasteiger partial charge in [-0.1, -0.05) is 18.2 Å². The number of nitrogens with one attached hydrogen (secondary N) is 2. The summed E-state index contributed by atoms with van der Waals surface area (Å²) in [5.41, 5.74) is 0.819. The Labute approximate surface area is 150 Å². The van der Waals surface area contributed by atoms with E-state index in [4.69, 9.17) is 4.74 Å². The molecule has 8 heteroatoms. The number of carbonyl (C=O) groups is 2. The molecule has 0 heterocycles. The number of nitro groups is 1. The summed E-state index contributed by atoms with van der Waals surface area (Å²) in [6.45, 7) is 1.85. The van der Waals surface area contributed by atoms with Gasteiger partial charge in [-0.2, -0.15) is 0 Å². The lowest BCUT2D eigenvalue weighted by molar-refractivity contribution is -0.384. The minimum absolute atomic E-state index is 0.119. The van der Waals surface area contributed by atoms with Crippen molar-refractivity contribution in [2.75, 3.05) is 7.11 Å². The molecule has 0 bridgehead atoms. The summed E-state index contributed by atoms with van der Waals surface area (Å²) < 4.78 is 5.06. The molecule has 136 valence electrons. The van der Waals surface area contributed by atoms with Crippen LogP contribution in [-0.4, -0.2) is 29.9 Å². The highest BCUT2D eigenvalue weighted by Crippen LogP contribution is 2.13. The lowest BCUT2D eigenvalue weighted by Gasteiger charge is -2.14. The van der Waals surface area contributed by atoms with E-state index in [1.807, 2.05) is 12.1 Å². The molecule has 8 nitrogen and oxygen atoms in total. The fourth-order valence-corrected chi connectivity index (χ4v) is 2.19. The number of rotatable bonds is 7. The van der Waals surface area contributed by atoms with Crippen molar-refractivity contribution < 1.29 is 19.2 Å². The highest BCUT2D eigenvalue weighted by atomic mass is 16.6. The second-order valence-corrected chi connectivity index (χ2v) is 5.57. The molecule has 1 atom stereocenters. The molecule has 2 N–H and O–H groups in total. The van der Waals surface area contributed by atoms with E-state index in [2.05, 4.69) is 10.6 Å². The van der Waals surface area contributed by atoms with Crippen LogP contribution in [0.4, 0.5) is 5.69 Å². The number of ether oxygens (including phenoxy) is 1. The second kappa shape index (κ2) is 8.61. The van der Waals surface area contributed by atoms with E-state index in [1.54, 1.807) is 26.2 Å². The lowest BCUT2D eigenvalue weighted by atomic mass is 10.1. The van der Waals surface area contributed by atoms with Crippen LogP contribution in [0.3, 0.4) is 0 Å². The van der Waals surface area contributed by atoms with Crippen molar-refractivity contribution in [2.45, 2.75) is 19.5 Å². The number of hydrogen-bond acceptors (Lipinski definition) is 5. The minimum atomic E-state index is -0.792.